The van der Waals surface area contributed by atoms with Crippen molar-refractivity contribution in [3.05, 3.63) is 35.9 Å². The molecule has 0 amide bonds. The second-order valence-corrected chi connectivity index (χ2v) is 7.64. The van der Waals surface area contributed by atoms with E-state index in [1.165, 1.54) is 0 Å². The van der Waals surface area contributed by atoms with Gasteiger partial charge in [-0.1, -0.05) is 47.2 Å². The average Bonchev–Trinajstić information content (AvgIpc) is 2.60. The Balaban J connectivity index is 2.19. The van der Waals surface area contributed by atoms with Crippen LogP contribution in [-0.4, -0.2) is 74.9 Å². The molecule has 10 nitrogen and oxygen atoms in total. The lowest BCUT2D eigenvalue weighted by Gasteiger charge is -2.39. The molecule has 0 aliphatic carbocycles. The van der Waals surface area contributed by atoms with Crippen molar-refractivity contribution >= 4 is 27.2 Å². The van der Waals surface area contributed by atoms with Gasteiger partial charge < -0.3 is 25.2 Å². The minimum Gasteiger partial charge on any atom is -0.394 e. The lowest BCUT2D eigenvalue weighted by atomic mass is 10.0. The van der Waals surface area contributed by atoms with Crippen LogP contribution in [0.5, 0.6) is 0 Å². The maximum atomic E-state index is 10.8. The van der Waals surface area contributed by atoms with Gasteiger partial charge in [-0.05, 0) is 5.56 Å². The molecular formula is C14H19NO9S2. The highest BCUT2D eigenvalue weighted by Gasteiger charge is 2.44. The van der Waals surface area contributed by atoms with Crippen LogP contribution in [0.25, 0.3) is 0 Å². The zero-order valence-electron chi connectivity index (χ0n) is 13.3. The normalized spacial score (nSPS) is 30.2. The summed E-state index contributed by atoms with van der Waals surface area (Å²) in [5, 5.41) is 42.2. The minimum atomic E-state index is -4.83. The monoisotopic (exact) mass is 409 g/mol. The highest BCUT2D eigenvalue weighted by molar-refractivity contribution is 8.14. The van der Waals surface area contributed by atoms with Gasteiger partial charge in [-0.3, -0.25) is 4.55 Å². The number of thioether (sulfide) groups is 1. The quantitative estimate of drug-likeness (QED) is 0.168. The van der Waals surface area contributed by atoms with Crippen LogP contribution in [0.4, 0.5) is 0 Å². The minimum absolute atomic E-state index is 0.0122. The van der Waals surface area contributed by atoms with E-state index in [1.54, 1.807) is 30.3 Å². The van der Waals surface area contributed by atoms with Gasteiger partial charge >= 0.3 is 10.4 Å². The summed E-state index contributed by atoms with van der Waals surface area (Å²) in [6.07, 6.45) is -5.68. The topological polar surface area (TPSA) is 166 Å². The molecule has 5 N–H and O–H groups in total. The Hall–Kier alpha value is -1.25. The van der Waals surface area contributed by atoms with Crippen LogP contribution in [0.2, 0.25) is 0 Å². The number of nitrogens with zero attached hydrogens (tertiary/aromatic N) is 1. The molecule has 5 atom stereocenters. The molecular weight excluding hydrogens is 390 g/mol. The summed E-state index contributed by atoms with van der Waals surface area (Å²) >= 11 is 0.729. The van der Waals surface area contributed by atoms with Crippen LogP contribution in [0, 0.1) is 0 Å². The van der Waals surface area contributed by atoms with Gasteiger partial charge in [-0.2, -0.15) is 8.42 Å². The summed E-state index contributed by atoms with van der Waals surface area (Å²) < 4.78 is 39.6. The van der Waals surface area contributed by atoms with E-state index in [0.29, 0.717) is 0 Å². The van der Waals surface area contributed by atoms with E-state index in [-0.39, 0.29) is 11.5 Å². The summed E-state index contributed by atoms with van der Waals surface area (Å²) in [6.45, 7) is -0.602. The fourth-order valence-electron chi connectivity index (χ4n) is 2.25. The van der Waals surface area contributed by atoms with Crippen LogP contribution >= 0.6 is 11.8 Å². The van der Waals surface area contributed by atoms with E-state index in [2.05, 4.69) is 9.44 Å². The molecule has 0 bridgehead atoms. The molecule has 1 aromatic carbocycles. The number of ether oxygens (including phenoxy) is 1. The highest BCUT2D eigenvalue weighted by Crippen LogP contribution is 2.30. The predicted octanol–water partition coefficient (Wildman–Crippen LogP) is -1.10. The molecule has 1 saturated heterocycles. The summed E-state index contributed by atoms with van der Waals surface area (Å²) in [5.41, 5.74) is -0.444. The van der Waals surface area contributed by atoms with Crippen molar-refractivity contribution in [3.8, 4) is 0 Å². The lowest BCUT2D eigenvalue weighted by Crippen LogP contribution is -2.57. The van der Waals surface area contributed by atoms with E-state index in [4.69, 9.17) is 9.29 Å². The number of rotatable bonds is 6. The van der Waals surface area contributed by atoms with Crippen molar-refractivity contribution in [1.82, 2.24) is 0 Å². The fourth-order valence-corrected chi connectivity index (χ4v) is 3.58. The predicted molar refractivity (Wildman–Crippen MR) is 91.6 cm³/mol. The molecule has 0 aromatic heterocycles. The molecule has 1 heterocycles. The Kier molecular flexibility index (Phi) is 7.37. The Labute approximate surface area is 154 Å². The van der Waals surface area contributed by atoms with Crippen LogP contribution in [0.15, 0.2) is 35.5 Å². The Morgan fingerprint density at radius 3 is 2.38 bits per heavy atom. The maximum absolute atomic E-state index is 10.8. The van der Waals surface area contributed by atoms with Crippen molar-refractivity contribution in [3.63, 3.8) is 0 Å². The zero-order chi connectivity index (χ0) is 19.3. The SMILES string of the molecule is O=S(=O)(O)O/N=C(/Cc1ccccc1)S[C@H]1O[C@@H](CO)[C@H](O)[C@@H](O)[C@@H]1O. The van der Waals surface area contributed by atoms with Crippen molar-refractivity contribution in [2.75, 3.05) is 6.61 Å². The first kappa shape index (κ1) is 21.1. The molecule has 1 aliphatic rings. The number of oxime groups is 1. The molecule has 0 spiro atoms. The van der Waals surface area contributed by atoms with E-state index < -0.39 is 46.9 Å². The molecule has 26 heavy (non-hydrogen) atoms. The van der Waals surface area contributed by atoms with Gasteiger partial charge in [-0.25, -0.2) is 4.28 Å². The molecule has 2 rings (SSSR count). The fraction of sp³-hybridized carbons (Fsp3) is 0.500. The molecule has 1 fully saturated rings. The Bertz CT molecular complexity index is 710. The molecule has 1 aliphatic heterocycles. The number of benzene rings is 1. The third-order valence-electron chi connectivity index (χ3n) is 3.53. The van der Waals surface area contributed by atoms with E-state index in [0.717, 1.165) is 17.3 Å². The number of aliphatic hydroxyl groups excluding tert-OH is 4. The Morgan fingerprint density at radius 2 is 1.81 bits per heavy atom. The first-order valence-electron chi connectivity index (χ1n) is 7.45. The number of hydrogen-bond acceptors (Lipinski definition) is 10. The number of aliphatic hydroxyl groups is 4. The van der Waals surface area contributed by atoms with Gasteiger partial charge in [-0.15, -0.1) is 0 Å². The maximum Gasteiger partial charge on any atom is 0.466 e. The second-order valence-electron chi connectivity index (χ2n) is 5.46. The molecule has 0 radical (unpaired) electrons. The molecule has 0 saturated carbocycles. The van der Waals surface area contributed by atoms with Crippen LogP contribution in [0.3, 0.4) is 0 Å². The van der Waals surface area contributed by atoms with Crippen molar-refractivity contribution in [1.29, 1.82) is 0 Å². The summed E-state index contributed by atoms with van der Waals surface area (Å²) in [4.78, 5) is 0. The van der Waals surface area contributed by atoms with Crippen molar-refractivity contribution in [2.45, 2.75) is 36.3 Å². The van der Waals surface area contributed by atoms with Gasteiger partial charge in [0.1, 0.15) is 34.9 Å². The third-order valence-corrected chi connectivity index (χ3v) is 4.91. The first-order chi connectivity index (χ1) is 12.2. The molecule has 0 unspecified atom stereocenters. The molecule has 146 valence electrons. The van der Waals surface area contributed by atoms with E-state index >= 15 is 0 Å². The summed E-state index contributed by atoms with van der Waals surface area (Å²) in [5.74, 6) is 0. The average molecular weight is 409 g/mol. The molecule has 12 heteroatoms. The summed E-state index contributed by atoms with van der Waals surface area (Å²) in [6, 6.07) is 8.73. The largest absolute Gasteiger partial charge is 0.466 e. The summed E-state index contributed by atoms with van der Waals surface area (Å²) in [7, 11) is -4.83. The number of hydrogen-bond donors (Lipinski definition) is 5. The van der Waals surface area contributed by atoms with E-state index in [1.807, 2.05) is 0 Å². The smallest absolute Gasteiger partial charge is 0.394 e. The van der Waals surface area contributed by atoms with Gasteiger partial charge in [0.2, 0.25) is 0 Å². The van der Waals surface area contributed by atoms with E-state index in [9.17, 15) is 28.8 Å². The van der Waals surface area contributed by atoms with Crippen molar-refractivity contribution < 1.29 is 42.4 Å². The standard InChI is InChI=1S/C14H19NO9S2/c16-7-9-11(17)12(18)13(19)14(23-9)25-10(15-24-26(20,21)22)6-8-4-2-1-3-5-8/h1-5,9,11-14,16-19H,6-7H2,(H,20,21,22)/b15-10-/t9-,11-,12+,13-,14+/m0/s1. The van der Waals surface area contributed by atoms with Crippen LogP contribution in [-0.2, 0) is 25.8 Å². The molecule has 1 aromatic rings. The lowest BCUT2D eigenvalue weighted by molar-refractivity contribution is -0.205. The zero-order valence-corrected chi connectivity index (χ0v) is 15.0. The van der Waals surface area contributed by atoms with Crippen LogP contribution < -0.4 is 0 Å². The van der Waals surface area contributed by atoms with Crippen molar-refractivity contribution in [2.24, 2.45) is 5.16 Å². The van der Waals surface area contributed by atoms with Gasteiger partial charge in [0, 0.05) is 6.42 Å². The first-order valence-corrected chi connectivity index (χ1v) is 9.69. The van der Waals surface area contributed by atoms with Gasteiger partial charge in [0.05, 0.1) is 6.61 Å². The highest BCUT2D eigenvalue weighted by atomic mass is 32.3. The second kappa shape index (κ2) is 9.10. The van der Waals surface area contributed by atoms with Gasteiger partial charge in [0.15, 0.2) is 0 Å². The Morgan fingerprint density at radius 1 is 1.15 bits per heavy atom. The van der Waals surface area contributed by atoms with Crippen LogP contribution in [0.1, 0.15) is 5.56 Å². The third kappa shape index (κ3) is 5.89. The van der Waals surface area contributed by atoms with Gasteiger partial charge in [0.25, 0.3) is 0 Å².